The highest BCUT2D eigenvalue weighted by atomic mass is 32.1. The third-order valence-corrected chi connectivity index (χ3v) is 8.60. The molecule has 2 aromatic heterocycles. The number of nitrogens with one attached hydrogen (secondary N) is 1. The van der Waals surface area contributed by atoms with Crippen molar-refractivity contribution in [2.75, 3.05) is 31.6 Å². The molecule has 174 valence electrons. The molecule has 2 saturated heterocycles. The number of ether oxygens (including phenoxy) is 1. The van der Waals surface area contributed by atoms with E-state index in [0.717, 1.165) is 78.5 Å². The predicted molar refractivity (Wildman–Crippen MR) is 133 cm³/mol. The summed E-state index contributed by atoms with van der Waals surface area (Å²) in [5.74, 6) is 0.958. The summed E-state index contributed by atoms with van der Waals surface area (Å²) in [7, 11) is 0. The van der Waals surface area contributed by atoms with Crippen molar-refractivity contribution in [1.29, 1.82) is 0 Å². The van der Waals surface area contributed by atoms with Gasteiger partial charge in [0.15, 0.2) is 0 Å². The Labute approximate surface area is 199 Å². The molecule has 2 aliphatic heterocycles. The predicted octanol–water partition coefficient (Wildman–Crippen LogP) is 5.17. The zero-order chi connectivity index (χ0) is 22.8. The standard InChI is InChI=1S/C26H32N4O2S/c1-18-8-6-7-13-30(18)25(31)22-19(2)21-23(28-17-29-24(21)33-22)27-16-26(11-14-32-15-12-26)20-9-4-3-5-10-20/h3-5,9-10,17-18H,6-8,11-16H2,1-2H3,(H,27,28,29)/t18-/m0/s1. The minimum Gasteiger partial charge on any atom is -0.381 e. The molecule has 0 spiro atoms. The van der Waals surface area contributed by atoms with Crippen LogP contribution in [0.3, 0.4) is 0 Å². The number of likely N-dealkylation sites (tertiary alicyclic amines) is 1. The lowest BCUT2D eigenvalue weighted by atomic mass is 9.74. The highest BCUT2D eigenvalue weighted by Gasteiger charge is 2.35. The van der Waals surface area contributed by atoms with Crippen LogP contribution >= 0.6 is 11.3 Å². The van der Waals surface area contributed by atoms with Gasteiger partial charge in [0, 0.05) is 37.8 Å². The van der Waals surface area contributed by atoms with Gasteiger partial charge in [-0.1, -0.05) is 30.3 Å². The number of hydrogen-bond donors (Lipinski definition) is 1. The minimum absolute atomic E-state index is 0.00257. The van der Waals surface area contributed by atoms with Crippen LogP contribution in [0.1, 0.15) is 59.8 Å². The number of carbonyl (C=O) groups is 1. The first-order valence-electron chi connectivity index (χ1n) is 12.0. The van der Waals surface area contributed by atoms with Crippen LogP contribution in [0.2, 0.25) is 0 Å². The monoisotopic (exact) mass is 464 g/mol. The second-order valence-electron chi connectivity index (χ2n) is 9.41. The summed E-state index contributed by atoms with van der Waals surface area (Å²) in [6, 6.07) is 11.0. The second kappa shape index (κ2) is 9.39. The SMILES string of the molecule is Cc1c(C(=O)N2CCCC[C@@H]2C)sc2ncnc(NCC3(c4ccccc4)CCOCC3)c12. The zero-order valence-electron chi connectivity index (χ0n) is 19.5. The number of rotatable bonds is 5. The molecule has 2 fully saturated rings. The minimum atomic E-state index is 0.00257. The van der Waals surface area contributed by atoms with Crippen LogP contribution in [0.5, 0.6) is 0 Å². The van der Waals surface area contributed by atoms with Gasteiger partial charge in [-0.05, 0) is 57.1 Å². The van der Waals surface area contributed by atoms with Crippen molar-refractivity contribution in [2.45, 2.75) is 57.4 Å². The number of aryl methyl sites for hydroxylation is 1. The van der Waals surface area contributed by atoms with Crippen LogP contribution in [-0.2, 0) is 10.2 Å². The molecule has 0 saturated carbocycles. The number of amides is 1. The van der Waals surface area contributed by atoms with Gasteiger partial charge in [0.25, 0.3) is 5.91 Å². The molecule has 1 atom stereocenters. The Bertz CT molecular complexity index is 1120. The number of fused-ring (bicyclic) bond motifs is 1. The molecule has 0 unspecified atom stereocenters. The van der Waals surface area contributed by atoms with Crippen molar-refractivity contribution in [1.82, 2.24) is 14.9 Å². The number of aromatic nitrogens is 2. The van der Waals surface area contributed by atoms with E-state index in [-0.39, 0.29) is 11.3 Å². The molecule has 1 aromatic carbocycles. The van der Waals surface area contributed by atoms with Crippen molar-refractivity contribution in [3.05, 3.63) is 52.7 Å². The van der Waals surface area contributed by atoms with Gasteiger partial charge in [-0.2, -0.15) is 0 Å². The normalized spacial score (nSPS) is 20.7. The lowest BCUT2D eigenvalue weighted by Crippen LogP contribution is -2.41. The Morgan fingerprint density at radius 2 is 2.00 bits per heavy atom. The van der Waals surface area contributed by atoms with Crippen LogP contribution in [0.15, 0.2) is 36.7 Å². The molecule has 2 aliphatic rings. The van der Waals surface area contributed by atoms with Gasteiger partial charge in [0.05, 0.1) is 10.3 Å². The highest BCUT2D eigenvalue weighted by molar-refractivity contribution is 7.20. The van der Waals surface area contributed by atoms with Crippen LogP contribution in [0.25, 0.3) is 10.2 Å². The largest absolute Gasteiger partial charge is 0.381 e. The highest BCUT2D eigenvalue weighted by Crippen LogP contribution is 2.38. The molecule has 1 amide bonds. The molecule has 4 heterocycles. The molecule has 33 heavy (non-hydrogen) atoms. The maximum Gasteiger partial charge on any atom is 0.264 e. The molecule has 5 rings (SSSR count). The summed E-state index contributed by atoms with van der Waals surface area (Å²) < 4.78 is 5.69. The Kier molecular flexibility index (Phi) is 6.34. The van der Waals surface area contributed by atoms with Crippen LogP contribution in [-0.4, -0.2) is 53.1 Å². The van der Waals surface area contributed by atoms with Crippen molar-refractivity contribution in [3.63, 3.8) is 0 Å². The van der Waals surface area contributed by atoms with Crippen LogP contribution < -0.4 is 5.32 Å². The number of piperidine rings is 1. The van der Waals surface area contributed by atoms with E-state index in [1.807, 2.05) is 11.8 Å². The Morgan fingerprint density at radius 3 is 2.76 bits per heavy atom. The number of nitrogens with zero attached hydrogens (tertiary/aromatic N) is 3. The molecular formula is C26H32N4O2S. The lowest BCUT2D eigenvalue weighted by Gasteiger charge is -2.38. The van der Waals surface area contributed by atoms with Crippen molar-refractivity contribution in [2.24, 2.45) is 0 Å². The second-order valence-corrected chi connectivity index (χ2v) is 10.4. The number of carbonyl (C=O) groups excluding carboxylic acids is 1. The molecule has 3 aromatic rings. The lowest BCUT2D eigenvalue weighted by molar-refractivity contribution is 0.0543. The first-order chi connectivity index (χ1) is 16.1. The Morgan fingerprint density at radius 1 is 1.21 bits per heavy atom. The van der Waals surface area contributed by atoms with Gasteiger partial charge in [-0.3, -0.25) is 4.79 Å². The topological polar surface area (TPSA) is 67.4 Å². The summed E-state index contributed by atoms with van der Waals surface area (Å²) >= 11 is 1.50. The van der Waals surface area contributed by atoms with E-state index in [9.17, 15) is 4.79 Å². The molecule has 0 radical (unpaired) electrons. The smallest absolute Gasteiger partial charge is 0.264 e. The average molecular weight is 465 g/mol. The van der Waals surface area contributed by atoms with Crippen molar-refractivity contribution >= 4 is 33.3 Å². The van der Waals surface area contributed by atoms with E-state index in [0.29, 0.717) is 6.04 Å². The van der Waals surface area contributed by atoms with Crippen molar-refractivity contribution < 1.29 is 9.53 Å². The number of benzene rings is 1. The first kappa shape index (κ1) is 22.3. The average Bonchev–Trinajstić information content (AvgIpc) is 3.21. The zero-order valence-corrected chi connectivity index (χ0v) is 20.3. The number of hydrogen-bond acceptors (Lipinski definition) is 6. The Hall–Kier alpha value is -2.51. The van der Waals surface area contributed by atoms with Gasteiger partial charge in [-0.15, -0.1) is 11.3 Å². The van der Waals surface area contributed by atoms with Gasteiger partial charge in [-0.25, -0.2) is 9.97 Å². The molecular weight excluding hydrogens is 432 g/mol. The molecule has 6 nitrogen and oxygen atoms in total. The maximum absolute atomic E-state index is 13.4. The van der Waals surface area contributed by atoms with E-state index in [2.05, 4.69) is 52.5 Å². The summed E-state index contributed by atoms with van der Waals surface area (Å²) in [5, 5.41) is 4.63. The molecule has 1 N–H and O–H groups in total. The first-order valence-corrected chi connectivity index (χ1v) is 12.8. The van der Waals surface area contributed by atoms with E-state index in [1.54, 1.807) is 6.33 Å². The third kappa shape index (κ3) is 4.24. The summed E-state index contributed by atoms with van der Waals surface area (Å²) in [6.45, 7) is 7.33. The van der Waals surface area contributed by atoms with E-state index in [4.69, 9.17) is 4.74 Å². The van der Waals surface area contributed by atoms with Crippen LogP contribution in [0, 0.1) is 6.92 Å². The van der Waals surface area contributed by atoms with Gasteiger partial charge in [0.2, 0.25) is 0 Å². The summed E-state index contributed by atoms with van der Waals surface area (Å²) in [5.41, 5.74) is 2.33. The fourth-order valence-electron chi connectivity index (χ4n) is 5.31. The fraction of sp³-hybridized carbons (Fsp3) is 0.500. The van der Waals surface area contributed by atoms with E-state index < -0.39 is 0 Å². The van der Waals surface area contributed by atoms with E-state index in [1.165, 1.54) is 23.3 Å². The Balaban J connectivity index is 1.45. The maximum atomic E-state index is 13.4. The van der Waals surface area contributed by atoms with Gasteiger partial charge in [0.1, 0.15) is 17.0 Å². The molecule has 0 aliphatic carbocycles. The molecule has 7 heteroatoms. The van der Waals surface area contributed by atoms with Gasteiger partial charge >= 0.3 is 0 Å². The number of anilines is 1. The summed E-state index contributed by atoms with van der Waals surface area (Å²) in [6.07, 6.45) is 6.90. The number of thiophene rings is 1. The van der Waals surface area contributed by atoms with Crippen molar-refractivity contribution in [3.8, 4) is 0 Å². The van der Waals surface area contributed by atoms with E-state index >= 15 is 0 Å². The molecule has 0 bridgehead atoms. The quantitative estimate of drug-likeness (QED) is 0.564. The third-order valence-electron chi connectivity index (χ3n) is 7.42. The fourth-order valence-corrected chi connectivity index (χ4v) is 6.42. The summed E-state index contributed by atoms with van der Waals surface area (Å²) in [4.78, 5) is 26.2. The van der Waals surface area contributed by atoms with Gasteiger partial charge < -0.3 is 15.0 Å². The van der Waals surface area contributed by atoms with Crippen LogP contribution in [0.4, 0.5) is 5.82 Å².